The van der Waals surface area contributed by atoms with Gasteiger partial charge in [-0.05, 0) is 51.5 Å². The first-order valence-corrected chi connectivity index (χ1v) is 9.30. The number of anilines is 2. The average molecular weight is 370 g/mol. The maximum Gasteiger partial charge on any atom is 0.267 e. The molecule has 1 atom stereocenters. The van der Waals surface area contributed by atoms with Gasteiger partial charge in [0, 0.05) is 36.1 Å². The van der Waals surface area contributed by atoms with E-state index in [-0.39, 0.29) is 24.1 Å². The van der Waals surface area contributed by atoms with Crippen LogP contribution in [0.4, 0.5) is 11.4 Å². The third-order valence-corrected chi connectivity index (χ3v) is 4.89. The fraction of sp³-hybridized carbons (Fsp3) is 0.450. The molecule has 0 saturated carbocycles. The molecule has 0 spiro atoms. The van der Waals surface area contributed by atoms with Gasteiger partial charge in [-0.15, -0.1) is 0 Å². The molecular formula is C20H26N4O3. The monoisotopic (exact) mass is 370 g/mol. The first-order valence-electron chi connectivity index (χ1n) is 9.30. The van der Waals surface area contributed by atoms with Crippen molar-refractivity contribution < 1.29 is 9.53 Å². The molecule has 1 aromatic heterocycles. The summed E-state index contributed by atoms with van der Waals surface area (Å²) >= 11 is 0. The number of aromatic nitrogens is 2. The standard InChI is InChI=1S/C20H26N4O3/c1-5-23(6-2)16-7-8-17(13(3)9-16)21-18(25)11-24-19(26)10-15-12-27-14(4)20(15)22-24/h7-10,14H,5-6,11-12H2,1-4H3,(H,21,25). The van der Waals surface area contributed by atoms with Crippen molar-refractivity contribution in [2.75, 3.05) is 23.3 Å². The minimum atomic E-state index is -0.296. The van der Waals surface area contributed by atoms with Crippen LogP contribution < -0.4 is 15.8 Å². The van der Waals surface area contributed by atoms with Crippen LogP contribution in [-0.2, 0) is 22.7 Å². The van der Waals surface area contributed by atoms with Crippen molar-refractivity contribution in [1.82, 2.24) is 9.78 Å². The number of rotatable bonds is 6. The van der Waals surface area contributed by atoms with Crippen LogP contribution in [-0.4, -0.2) is 28.8 Å². The first-order chi connectivity index (χ1) is 12.9. The smallest absolute Gasteiger partial charge is 0.267 e. The van der Waals surface area contributed by atoms with E-state index in [1.165, 1.54) is 10.7 Å². The predicted octanol–water partition coefficient (Wildman–Crippen LogP) is 2.63. The number of nitrogens with zero attached hydrogens (tertiary/aromatic N) is 3. The molecule has 1 unspecified atom stereocenters. The van der Waals surface area contributed by atoms with Crippen molar-refractivity contribution in [2.45, 2.75) is 47.0 Å². The average Bonchev–Trinajstić information content (AvgIpc) is 2.98. The quantitative estimate of drug-likeness (QED) is 0.846. The Kier molecular flexibility index (Phi) is 5.60. The summed E-state index contributed by atoms with van der Waals surface area (Å²) in [4.78, 5) is 26.9. The van der Waals surface area contributed by atoms with Gasteiger partial charge in [0.05, 0.1) is 18.4 Å². The molecule has 2 heterocycles. The molecule has 3 rings (SSSR count). The molecule has 7 nitrogen and oxygen atoms in total. The lowest BCUT2D eigenvalue weighted by Crippen LogP contribution is -2.30. The van der Waals surface area contributed by atoms with Crippen LogP contribution in [0.15, 0.2) is 29.1 Å². The Morgan fingerprint density at radius 3 is 2.74 bits per heavy atom. The van der Waals surface area contributed by atoms with Crippen LogP contribution in [0, 0.1) is 6.92 Å². The SMILES string of the molecule is CCN(CC)c1ccc(NC(=O)Cn2nc3c(cc2=O)COC3C)c(C)c1. The highest BCUT2D eigenvalue weighted by Crippen LogP contribution is 2.26. The Bertz CT molecular complexity index is 903. The number of aryl methyl sites for hydroxylation is 1. The molecule has 1 amide bonds. The molecule has 7 heteroatoms. The summed E-state index contributed by atoms with van der Waals surface area (Å²) in [7, 11) is 0. The fourth-order valence-corrected chi connectivity index (χ4v) is 3.31. The highest BCUT2D eigenvalue weighted by Gasteiger charge is 2.23. The van der Waals surface area contributed by atoms with E-state index >= 15 is 0 Å². The van der Waals surface area contributed by atoms with Gasteiger partial charge in [-0.25, -0.2) is 4.68 Å². The number of benzene rings is 1. The number of carbonyl (C=O) groups excluding carboxylic acids is 1. The van der Waals surface area contributed by atoms with E-state index in [4.69, 9.17) is 4.74 Å². The van der Waals surface area contributed by atoms with Crippen molar-refractivity contribution in [2.24, 2.45) is 0 Å². The summed E-state index contributed by atoms with van der Waals surface area (Å²) < 4.78 is 6.67. The van der Waals surface area contributed by atoms with E-state index < -0.39 is 0 Å². The number of nitrogens with one attached hydrogen (secondary N) is 1. The fourth-order valence-electron chi connectivity index (χ4n) is 3.31. The van der Waals surface area contributed by atoms with E-state index in [2.05, 4.69) is 35.2 Å². The summed E-state index contributed by atoms with van der Waals surface area (Å²) in [6, 6.07) is 7.45. The van der Waals surface area contributed by atoms with Gasteiger partial charge in [0.25, 0.3) is 5.56 Å². The molecule has 0 saturated heterocycles. The molecule has 27 heavy (non-hydrogen) atoms. The van der Waals surface area contributed by atoms with Gasteiger partial charge in [-0.2, -0.15) is 5.10 Å². The van der Waals surface area contributed by atoms with E-state index in [9.17, 15) is 9.59 Å². The maximum atomic E-state index is 12.4. The van der Waals surface area contributed by atoms with Gasteiger partial charge in [0.15, 0.2) is 0 Å². The van der Waals surface area contributed by atoms with Gasteiger partial charge in [0.1, 0.15) is 6.54 Å². The van der Waals surface area contributed by atoms with Crippen LogP contribution >= 0.6 is 0 Å². The van der Waals surface area contributed by atoms with Crippen LogP contribution in [0.3, 0.4) is 0 Å². The largest absolute Gasteiger partial charge is 0.372 e. The summed E-state index contributed by atoms with van der Waals surface area (Å²) in [5, 5.41) is 7.19. The first kappa shape index (κ1) is 19.1. The van der Waals surface area contributed by atoms with Crippen LogP contribution in [0.1, 0.15) is 43.7 Å². The Labute approximate surface area is 158 Å². The van der Waals surface area contributed by atoms with Crippen LogP contribution in [0.2, 0.25) is 0 Å². The second-order valence-electron chi connectivity index (χ2n) is 6.72. The Hall–Kier alpha value is -2.67. The zero-order chi connectivity index (χ0) is 19.6. The second kappa shape index (κ2) is 7.92. The van der Waals surface area contributed by atoms with Gasteiger partial charge in [-0.1, -0.05) is 0 Å². The number of carbonyl (C=O) groups is 1. The van der Waals surface area contributed by atoms with E-state index in [0.29, 0.717) is 6.61 Å². The van der Waals surface area contributed by atoms with E-state index in [1.54, 1.807) is 0 Å². The van der Waals surface area contributed by atoms with E-state index in [0.717, 1.165) is 41.3 Å². The van der Waals surface area contributed by atoms with Crippen molar-refractivity contribution in [3.05, 3.63) is 51.4 Å². The predicted molar refractivity (Wildman–Crippen MR) is 105 cm³/mol. The third kappa shape index (κ3) is 4.03. The highest BCUT2D eigenvalue weighted by atomic mass is 16.5. The van der Waals surface area contributed by atoms with Gasteiger partial charge < -0.3 is 15.0 Å². The zero-order valence-electron chi connectivity index (χ0n) is 16.3. The minimum absolute atomic E-state index is 0.129. The molecule has 0 aliphatic carbocycles. The lowest BCUT2D eigenvalue weighted by Gasteiger charge is -2.22. The van der Waals surface area contributed by atoms with Crippen molar-refractivity contribution in [3.63, 3.8) is 0 Å². The molecule has 1 aliphatic heterocycles. The Balaban J connectivity index is 1.73. The summed E-state index contributed by atoms with van der Waals surface area (Å²) in [5.41, 5.74) is 4.07. The Morgan fingerprint density at radius 2 is 2.07 bits per heavy atom. The normalized spacial score (nSPS) is 15.5. The molecular weight excluding hydrogens is 344 g/mol. The maximum absolute atomic E-state index is 12.4. The summed E-state index contributed by atoms with van der Waals surface area (Å²) in [6.45, 7) is 10.2. The second-order valence-corrected chi connectivity index (χ2v) is 6.72. The van der Waals surface area contributed by atoms with E-state index in [1.807, 2.05) is 26.0 Å². The van der Waals surface area contributed by atoms with Crippen molar-refractivity contribution in [1.29, 1.82) is 0 Å². The summed E-state index contributed by atoms with van der Waals surface area (Å²) in [5.74, 6) is -0.283. The molecule has 0 bridgehead atoms. The summed E-state index contributed by atoms with van der Waals surface area (Å²) in [6.07, 6.45) is -0.162. The Morgan fingerprint density at radius 1 is 1.33 bits per heavy atom. The van der Waals surface area contributed by atoms with Gasteiger partial charge in [0.2, 0.25) is 5.91 Å². The minimum Gasteiger partial charge on any atom is -0.372 e. The van der Waals surface area contributed by atoms with Gasteiger partial charge in [-0.3, -0.25) is 9.59 Å². The molecule has 1 N–H and O–H groups in total. The molecule has 144 valence electrons. The lowest BCUT2D eigenvalue weighted by atomic mass is 10.1. The molecule has 0 fully saturated rings. The molecule has 2 aromatic rings. The number of ether oxygens (including phenoxy) is 1. The molecule has 0 radical (unpaired) electrons. The van der Waals surface area contributed by atoms with Gasteiger partial charge >= 0.3 is 0 Å². The number of amides is 1. The number of fused-ring (bicyclic) bond motifs is 1. The van der Waals surface area contributed by atoms with Crippen LogP contribution in [0.5, 0.6) is 0 Å². The highest BCUT2D eigenvalue weighted by molar-refractivity contribution is 5.91. The zero-order valence-corrected chi connectivity index (χ0v) is 16.3. The van der Waals surface area contributed by atoms with Crippen LogP contribution in [0.25, 0.3) is 0 Å². The third-order valence-electron chi connectivity index (χ3n) is 4.89. The molecule has 1 aromatic carbocycles. The number of hydrogen-bond donors (Lipinski definition) is 1. The van der Waals surface area contributed by atoms with Crippen molar-refractivity contribution in [3.8, 4) is 0 Å². The lowest BCUT2D eigenvalue weighted by molar-refractivity contribution is -0.117. The van der Waals surface area contributed by atoms with Crippen molar-refractivity contribution >= 4 is 17.3 Å². The molecule has 1 aliphatic rings. The number of hydrogen-bond acceptors (Lipinski definition) is 5. The topological polar surface area (TPSA) is 76.5 Å².